The van der Waals surface area contributed by atoms with Crippen LogP contribution in [-0.4, -0.2) is 30.7 Å². The van der Waals surface area contributed by atoms with Crippen LogP contribution in [0, 0.1) is 11.8 Å². The number of hydrogen-bond acceptors (Lipinski definition) is 3. The third-order valence-corrected chi connectivity index (χ3v) is 2.91. The number of aliphatic hydroxyl groups excluding tert-OH is 1. The summed E-state index contributed by atoms with van der Waals surface area (Å²) in [5.74, 6) is 0.766. The van der Waals surface area contributed by atoms with E-state index < -0.39 is 0 Å². The largest absolute Gasteiger partial charge is 0.390 e. The van der Waals surface area contributed by atoms with Crippen molar-refractivity contribution in [3.8, 4) is 0 Å². The Morgan fingerprint density at radius 3 is 2.75 bits per heavy atom. The molecule has 2 heterocycles. The molecule has 2 aliphatic rings. The quantitative estimate of drug-likeness (QED) is 0.586. The monoisotopic (exact) mass is 172 g/mol. The van der Waals surface area contributed by atoms with Crippen molar-refractivity contribution >= 4 is 0 Å². The fourth-order valence-electron chi connectivity index (χ4n) is 1.92. The van der Waals surface area contributed by atoms with Crippen LogP contribution in [-0.2, 0) is 9.47 Å². The summed E-state index contributed by atoms with van der Waals surface area (Å²) in [5, 5.41) is 9.58. The number of hydrogen-bond donors (Lipinski definition) is 1. The summed E-state index contributed by atoms with van der Waals surface area (Å²) in [5.41, 5.74) is 0. The molecule has 4 unspecified atom stereocenters. The van der Waals surface area contributed by atoms with Gasteiger partial charge in [-0.05, 0) is 12.8 Å². The van der Waals surface area contributed by atoms with Crippen LogP contribution in [0.3, 0.4) is 0 Å². The summed E-state index contributed by atoms with van der Waals surface area (Å²) in [6.07, 6.45) is 1.78. The molecule has 2 rings (SSSR count). The van der Waals surface area contributed by atoms with E-state index in [-0.39, 0.29) is 12.4 Å². The van der Waals surface area contributed by atoms with Crippen LogP contribution in [0.25, 0.3) is 0 Å². The second-order valence-electron chi connectivity index (χ2n) is 3.92. The average molecular weight is 172 g/mol. The van der Waals surface area contributed by atoms with Crippen molar-refractivity contribution in [3.05, 3.63) is 0 Å². The Balaban J connectivity index is 2.09. The van der Waals surface area contributed by atoms with E-state index in [9.17, 15) is 5.11 Å². The summed E-state index contributed by atoms with van der Waals surface area (Å²) in [7, 11) is 0. The van der Waals surface area contributed by atoms with E-state index in [2.05, 4.69) is 6.92 Å². The molecule has 2 saturated heterocycles. The summed E-state index contributed by atoms with van der Waals surface area (Å²) in [6, 6.07) is 0. The normalized spacial score (nSPS) is 48.5. The number of fused-ring (bicyclic) bond motifs is 3. The van der Waals surface area contributed by atoms with Gasteiger partial charge in [0.05, 0.1) is 19.3 Å². The summed E-state index contributed by atoms with van der Waals surface area (Å²) >= 11 is 0. The maximum absolute atomic E-state index is 9.58. The van der Waals surface area contributed by atoms with Crippen molar-refractivity contribution in [2.75, 3.05) is 13.2 Å². The van der Waals surface area contributed by atoms with Gasteiger partial charge in [0.1, 0.15) is 0 Å². The number of rotatable bonds is 0. The van der Waals surface area contributed by atoms with Gasteiger partial charge < -0.3 is 14.6 Å². The minimum absolute atomic E-state index is 0.0767. The molecular weight excluding hydrogens is 156 g/mol. The lowest BCUT2D eigenvalue weighted by atomic mass is 9.93. The average Bonchev–Trinajstić information content (AvgIpc) is 2.33. The predicted molar refractivity (Wildman–Crippen MR) is 43.6 cm³/mol. The van der Waals surface area contributed by atoms with Gasteiger partial charge in [0, 0.05) is 11.8 Å². The molecular formula is C9H16O3. The highest BCUT2D eigenvalue weighted by Crippen LogP contribution is 2.29. The van der Waals surface area contributed by atoms with Crippen molar-refractivity contribution in [1.29, 1.82) is 0 Å². The molecule has 12 heavy (non-hydrogen) atoms. The molecule has 0 spiro atoms. The third-order valence-electron chi connectivity index (χ3n) is 2.91. The minimum Gasteiger partial charge on any atom is -0.390 e. The van der Waals surface area contributed by atoms with E-state index >= 15 is 0 Å². The highest BCUT2D eigenvalue weighted by molar-refractivity contribution is 4.77. The van der Waals surface area contributed by atoms with E-state index in [1.165, 1.54) is 0 Å². The summed E-state index contributed by atoms with van der Waals surface area (Å²) in [4.78, 5) is 0. The topological polar surface area (TPSA) is 38.7 Å². The second kappa shape index (κ2) is 3.32. The Kier molecular flexibility index (Phi) is 2.35. The van der Waals surface area contributed by atoms with Gasteiger partial charge >= 0.3 is 0 Å². The van der Waals surface area contributed by atoms with E-state index in [1.807, 2.05) is 0 Å². The molecule has 4 atom stereocenters. The first-order valence-corrected chi connectivity index (χ1v) is 4.68. The predicted octanol–water partition coefficient (Wildman–Crippen LogP) is 0.766. The fraction of sp³-hybridized carbons (Fsp3) is 1.00. The highest BCUT2D eigenvalue weighted by Gasteiger charge is 2.33. The molecule has 0 aromatic rings. The Morgan fingerprint density at radius 2 is 1.92 bits per heavy atom. The molecule has 0 radical (unpaired) electrons. The van der Waals surface area contributed by atoms with Gasteiger partial charge in [-0.25, -0.2) is 0 Å². The van der Waals surface area contributed by atoms with Crippen LogP contribution in [0.5, 0.6) is 0 Å². The molecule has 0 amide bonds. The molecule has 1 N–H and O–H groups in total. The van der Waals surface area contributed by atoms with Crippen LogP contribution in [0.2, 0.25) is 0 Å². The Bertz CT molecular complexity index is 138. The van der Waals surface area contributed by atoms with Gasteiger partial charge in [0.2, 0.25) is 0 Å². The number of ether oxygens (including phenoxy) is 2. The van der Waals surface area contributed by atoms with E-state index in [1.54, 1.807) is 0 Å². The van der Waals surface area contributed by atoms with Gasteiger partial charge in [-0.1, -0.05) is 6.92 Å². The molecule has 2 bridgehead atoms. The smallest absolute Gasteiger partial charge is 0.160 e. The lowest BCUT2D eigenvalue weighted by molar-refractivity contribution is -0.157. The summed E-state index contributed by atoms with van der Waals surface area (Å²) in [6.45, 7) is 3.25. The molecule has 2 aliphatic heterocycles. The van der Waals surface area contributed by atoms with Gasteiger partial charge in [-0.3, -0.25) is 0 Å². The van der Waals surface area contributed by atoms with Crippen LogP contribution >= 0.6 is 0 Å². The second-order valence-corrected chi connectivity index (χ2v) is 3.92. The van der Waals surface area contributed by atoms with Crippen LogP contribution in [0.4, 0.5) is 0 Å². The zero-order valence-corrected chi connectivity index (χ0v) is 7.40. The summed E-state index contributed by atoms with van der Waals surface area (Å²) < 4.78 is 11.0. The minimum atomic E-state index is -0.317. The molecule has 3 nitrogen and oxygen atoms in total. The zero-order chi connectivity index (χ0) is 8.55. The van der Waals surface area contributed by atoms with Gasteiger partial charge in [0.25, 0.3) is 0 Å². The van der Waals surface area contributed by atoms with Crippen molar-refractivity contribution in [2.24, 2.45) is 11.8 Å². The van der Waals surface area contributed by atoms with E-state index in [4.69, 9.17) is 9.47 Å². The maximum Gasteiger partial charge on any atom is 0.160 e. The maximum atomic E-state index is 9.58. The van der Waals surface area contributed by atoms with E-state index in [0.29, 0.717) is 25.0 Å². The third kappa shape index (κ3) is 1.49. The van der Waals surface area contributed by atoms with Gasteiger partial charge in [0.15, 0.2) is 6.29 Å². The lowest BCUT2D eigenvalue weighted by Crippen LogP contribution is -2.29. The van der Waals surface area contributed by atoms with Crippen molar-refractivity contribution < 1.29 is 14.6 Å². The number of aliphatic hydroxyl groups is 1. The van der Waals surface area contributed by atoms with Gasteiger partial charge in [-0.2, -0.15) is 0 Å². The molecule has 3 heteroatoms. The molecule has 0 aromatic carbocycles. The first-order chi connectivity index (χ1) is 5.77. The van der Waals surface area contributed by atoms with Crippen molar-refractivity contribution in [2.45, 2.75) is 32.2 Å². The lowest BCUT2D eigenvalue weighted by Gasteiger charge is -2.23. The molecule has 0 aromatic heterocycles. The van der Waals surface area contributed by atoms with Crippen molar-refractivity contribution in [1.82, 2.24) is 0 Å². The molecule has 0 aliphatic carbocycles. The Hall–Kier alpha value is -0.120. The van der Waals surface area contributed by atoms with Gasteiger partial charge in [-0.15, -0.1) is 0 Å². The first kappa shape index (κ1) is 8.48. The van der Waals surface area contributed by atoms with Crippen molar-refractivity contribution in [3.63, 3.8) is 0 Å². The fourth-order valence-corrected chi connectivity index (χ4v) is 1.92. The van der Waals surface area contributed by atoms with Crippen LogP contribution < -0.4 is 0 Å². The molecule has 2 fully saturated rings. The Labute approximate surface area is 72.7 Å². The molecule has 70 valence electrons. The zero-order valence-electron chi connectivity index (χ0n) is 7.40. The highest BCUT2D eigenvalue weighted by atomic mass is 16.7. The standard InChI is InChI=1S/C9H16O3/c1-6-2-3-7-4-11-9(6)12-5-8(7)10/h6-10H,2-5H2,1H3. The Morgan fingerprint density at radius 1 is 1.17 bits per heavy atom. The molecule has 0 saturated carbocycles. The van der Waals surface area contributed by atoms with E-state index in [0.717, 1.165) is 12.8 Å². The van der Waals surface area contributed by atoms with Crippen LogP contribution in [0.1, 0.15) is 19.8 Å². The first-order valence-electron chi connectivity index (χ1n) is 4.68. The van der Waals surface area contributed by atoms with Crippen LogP contribution in [0.15, 0.2) is 0 Å². The SMILES string of the molecule is CC1CCC2COC1OCC2O.